The van der Waals surface area contributed by atoms with Crippen LogP contribution in [0, 0.1) is 0 Å². The fraction of sp³-hybridized carbons (Fsp3) is 1.00. The van der Waals surface area contributed by atoms with Gasteiger partial charge in [0.05, 0.1) is 18.8 Å². The number of aliphatic hydroxyl groups excluding tert-OH is 1. The van der Waals surface area contributed by atoms with E-state index in [4.69, 9.17) is 20.3 Å². The third-order valence-electron chi connectivity index (χ3n) is 1.55. The van der Waals surface area contributed by atoms with Crippen molar-refractivity contribution in [1.29, 1.82) is 0 Å². The van der Waals surface area contributed by atoms with Gasteiger partial charge in [0.25, 0.3) is 0 Å². The molecule has 0 heterocycles. The Bertz CT molecular complexity index is 99.7. The van der Waals surface area contributed by atoms with E-state index in [0.717, 1.165) is 0 Å². The Morgan fingerprint density at radius 1 is 1.36 bits per heavy atom. The van der Waals surface area contributed by atoms with Crippen molar-refractivity contribution in [3.8, 4) is 0 Å². The van der Waals surface area contributed by atoms with Gasteiger partial charge in [0.2, 0.25) is 0 Å². The minimum absolute atomic E-state index is 0.0792. The van der Waals surface area contributed by atoms with Gasteiger partial charge in [0.1, 0.15) is 0 Å². The Balaban J connectivity index is 3.68. The molecule has 0 aliphatic carbocycles. The third kappa shape index (κ3) is 4.31. The van der Waals surface area contributed by atoms with Crippen molar-refractivity contribution < 1.29 is 14.6 Å². The first-order chi connectivity index (χ1) is 5.18. The van der Waals surface area contributed by atoms with Gasteiger partial charge in [-0.05, 0) is 6.42 Å². The van der Waals surface area contributed by atoms with E-state index < -0.39 is 5.54 Å². The summed E-state index contributed by atoms with van der Waals surface area (Å²) in [5.74, 6) is 0. The molecule has 0 aliphatic heterocycles. The first-order valence-corrected chi connectivity index (χ1v) is 3.56. The molecular formula is C7H17NO3. The van der Waals surface area contributed by atoms with Crippen molar-refractivity contribution in [2.75, 3.05) is 34.0 Å². The molecular weight excluding hydrogens is 146 g/mol. The zero-order chi connectivity index (χ0) is 8.74. The number of nitrogens with two attached hydrogens (primary N) is 1. The monoisotopic (exact) mass is 163 g/mol. The van der Waals surface area contributed by atoms with E-state index in [1.165, 1.54) is 0 Å². The number of aliphatic hydroxyl groups is 1. The van der Waals surface area contributed by atoms with E-state index in [-0.39, 0.29) is 6.61 Å². The number of ether oxygens (including phenoxy) is 2. The highest BCUT2D eigenvalue weighted by molar-refractivity contribution is 4.82. The molecule has 0 rings (SSSR count). The van der Waals surface area contributed by atoms with Gasteiger partial charge in [-0.1, -0.05) is 0 Å². The second kappa shape index (κ2) is 5.49. The SMILES string of the molecule is COCCC(N)(CO)COC. The number of methoxy groups -OCH3 is 2. The minimum atomic E-state index is -0.648. The van der Waals surface area contributed by atoms with Gasteiger partial charge in [-0.15, -0.1) is 0 Å². The van der Waals surface area contributed by atoms with Crippen LogP contribution >= 0.6 is 0 Å². The van der Waals surface area contributed by atoms with Crippen LogP contribution in [-0.4, -0.2) is 44.7 Å². The predicted molar refractivity (Wildman–Crippen MR) is 42.4 cm³/mol. The topological polar surface area (TPSA) is 64.7 Å². The lowest BCUT2D eigenvalue weighted by molar-refractivity contribution is 0.0612. The molecule has 0 fully saturated rings. The molecule has 0 amide bonds. The van der Waals surface area contributed by atoms with Crippen molar-refractivity contribution in [3.05, 3.63) is 0 Å². The van der Waals surface area contributed by atoms with Gasteiger partial charge in [-0.3, -0.25) is 0 Å². The molecule has 0 saturated carbocycles. The number of hydrogen-bond donors (Lipinski definition) is 2. The summed E-state index contributed by atoms with van der Waals surface area (Å²) in [7, 11) is 3.16. The first kappa shape index (κ1) is 10.8. The highest BCUT2D eigenvalue weighted by atomic mass is 16.5. The smallest absolute Gasteiger partial charge is 0.0665 e. The van der Waals surface area contributed by atoms with Crippen molar-refractivity contribution in [1.82, 2.24) is 0 Å². The van der Waals surface area contributed by atoms with Gasteiger partial charge >= 0.3 is 0 Å². The molecule has 11 heavy (non-hydrogen) atoms. The van der Waals surface area contributed by atoms with Crippen molar-refractivity contribution in [2.45, 2.75) is 12.0 Å². The second-order valence-corrected chi connectivity index (χ2v) is 2.70. The fourth-order valence-corrected chi connectivity index (χ4v) is 0.790. The van der Waals surface area contributed by atoms with Crippen LogP contribution in [0.2, 0.25) is 0 Å². The van der Waals surface area contributed by atoms with Crippen LogP contribution in [0.1, 0.15) is 6.42 Å². The molecule has 68 valence electrons. The molecule has 3 N–H and O–H groups in total. The van der Waals surface area contributed by atoms with E-state index in [0.29, 0.717) is 19.6 Å². The van der Waals surface area contributed by atoms with Crippen LogP contribution in [0.15, 0.2) is 0 Å². The molecule has 1 unspecified atom stereocenters. The van der Waals surface area contributed by atoms with Crippen molar-refractivity contribution >= 4 is 0 Å². The summed E-state index contributed by atoms with van der Waals surface area (Å²) in [5, 5.41) is 8.88. The van der Waals surface area contributed by atoms with E-state index in [9.17, 15) is 0 Å². The molecule has 0 aromatic carbocycles. The fourth-order valence-electron chi connectivity index (χ4n) is 0.790. The van der Waals surface area contributed by atoms with Crippen LogP contribution in [0.25, 0.3) is 0 Å². The summed E-state index contributed by atoms with van der Waals surface area (Å²) in [4.78, 5) is 0. The summed E-state index contributed by atoms with van der Waals surface area (Å²) in [6.45, 7) is 0.817. The molecule has 4 nitrogen and oxygen atoms in total. The van der Waals surface area contributed by atoms with Crippen LogP contribution < -0.4 is 5.73 Å². The molecule has 0 bridgehead atoms. The van der Waals surface area contributed by atoms with Crippen LogP contribution in [-0.2, 0) is 9.47 Å². The molecule has 4 heteroatoms. The quantitative estimate of drug-likeness (QED) is 0.546. The molecule has 0 aromatic heterocycles. The van der Waals surface area contributed by atoms with E-state index in [1.807, 2.05) is 0 Å². The maximum absolute atomic E-state index is 8.88. The molecule has 0 spiro atoms. The second-order valence-electron chi connectivity index (χ2n) is 2.70. The first-order valence-electron chi connectivity index (χ1n) is 3.56. The van der Waals surface area contributed by atoms with Gasteiger partial charge in [-0.2, -0.15) is 0 Å². The zero-order valence-electron chi connectivity index (χ0n) is 7.17. The maximum atomic E-state index is 8.88. The predicted octanol–water partition coefficient (Wildman–Crippen LogP) is -0.641. The Morgan fingerprint density at radius 2 is 2.00 bits per heavy atom. The van der Waals surface area contributed by atoms with Crippen LogP contribution in [0.4, 0.5) is 0 Å². The van der Waals surface area contributed by atoms with Crippen LogP contribution in [0.5, 0.6) is 0 Å². The van der Waals surface area contributed by atoms with Crippen molar-refractivity contribution in [3.63, 3.8) is 0 Å². The highest BCUT2D eigenvalue weighted by Crippen LogP contribution is 2.05. The van der Waals surface area contributed by atoms with Gasteiger partial charge in [-0.25, -0.2) is 0 Å². The zero-order valence-corrected chi connectivity index (χ0v) is 7.17. The molecule has 0 radical (unpaired) electrons. The van der Waals surface area contributed by atoms with E-state index in [1.54, 1.807) is 14.2 Å². The summed E-state index contributed by atoms with van der Waals surface area (Å²) >= 11 is 0. The summed E-state index contributed by atoms with van der Waals surface area (Å²) < 4.78 is 9.69. The molecule has 1 atom stereocenters. The average molecular weight is 163 g/mol. The van der Waals surface area contributed by atoms with Gasteiger partial charge in [0.15, 0.2) is 0 Å². The Hall–Kier alpha value is -0.160. The normalized spacial score (nSPS) is 16.4. The number of hydrogen-bond acceptors (Lipinski definition) is 4. The maximum Gasteiger partial charge on any atom is 0.0665 e. The van der Waals surface area contributed by atoms with Crippen molar-refractivity contribution in [2.24, 2.45) is 5.73 Å². The Kier molecular flexibility index (Phi) is 5.41. The minimum Gasteiger partial charge on any atom is -0.394 e. The Morgan fingerprint density at radius 3 is 2.36 bits per heavy atom. The largest absolute Gasteiger partial charge is 0.394 e. The summed E-state index contributed by atoms with van der Waals surface area (Å²) in [6.07, 6.45) is 0.605. The lowest BCUT2D eigenvalue weighted by Crippen LogP contribution is -2.48. The number of rotatable bonds is 6. The molecule has 0 aliphatic rings. The molecule has 0 aromatic rings. The summed E-state index contributed by atoms with van der Waals surface area (Å²) in [5.41, 5.74) is 5.09. The third-order valence-corrected chi connectivity index (χ3v) is 1.55. The average Bonchev–Trinajstić information content (AvgIpc) is 2.02. The lowest BCUT2D eigenvalue weighted by Gasteiger charge is -2.25. The lowest BCUT2D eigenvalue weighted by atomic mass is 10.00. The van der Waals surface area contributed by atoms with Crippen LogP contribution in [0.3, 0.4) is 0 Å². The summed E-state index contributed by atoms with van der Waals surface area (Å²) in [6, 6.07) is 0. The van der Waals surface area contributed by atoms with E-state index in [2.05, 4.69) is 0 Å². The molecule has 0 saturated heterocycles. The highest BCUT2D eigenvalue weighted by Gasteiger charge is 2.23. The standard InChI is InChI=1S/C7H17NO3/c1-10-4-3-7(8,5-9)6-11-2/h9H,3-6,8H2,1-2H3. The van der Waals surface area contributed by atoms with Gasteiger partial charge < -0.3 is 20.3 Å². The Labute approximate surface area is 67.3 Å². The van der Waals surface area contributed by atoms with Gasteiger partial charge in [0, 0.05) is 20.8 Å². The van der Waals surface area contributed by atoms with E-state index >= 15 is 0 Å².